The largest absolute Gasteiger partial charge is 0.477 e. The predicted octanol–water partition coefficient (Wildman–Crippen LogP) is -7.74. The van der Waals surface area contributed by atoms with Gasteiger partial charge in [-0.25, -0.2) is 9.79 Å². The van der Waals surface area contributed by atoms with Crippen molar-refractivity contribution in [3.05, 3.63) is 47.2 Å². The summed E-state index contributed by atoms with van der Waals surface area (Å²) in [5, 5.41) is 55.1. The van der Waals surface area contributed by atoms with Crippen LogP contribution in [0.5, 0.6) is 0 Å². The van der Waals surface area contributed by atoms with Crippen molar-refractivity contribution in [1.82, 2.24) is 42.1 Å². The summed E-state index contributed by atoms with van der Waals surface area (Å²) in [6.07, 6.45) is -0.277. The molecule has 9 amide bonds. The first-order valence-corrected chi connectivity index (χ1v) is 25.8. The Bertz CT molecular complexity index is 2340. The van der Waals surface area contributed by atoms with E-state index in [2.05, 4.69) is 42.2 Å². The van der Waals surface area contributed by atoms with Crippen molar-refractivity contribution in [2.24, 2.45) is 50.9 Å². The van der Waals surface area contributed by atoms with Crippen LogP contribution in [-0.2, 0) is 49.6 Å². The van der Waals surface area contributed by atoms with E-state index in [1.165, 1.54) is 24.3 Å². The first kappa shape index (κ1) is 67.6. The zero-order valence-corrected chi connectivity index (χ0v) is 44.1. The standard InChI is InChI=1S/C48H80N18O13/c49-16-3-1-11-28(54)40(71)64-38(35(68)24-53)45(76)65-37(34(67)23-52)44(75)59-25-36(69)60-30(13-6-18-51)46(77)66-20-8-15-33(66)43(74)63-32(22-26-9-5-10-27(21-26)39(55)70)42(73)61-29(12-2-4-17-50)41(72)62-31(47(78)79)14-7-19-58-48(56)57/h5,9-10,14,21,28-29,32-35,37-38,67-68H,1-4,6-8,11-13,15-20,22-25,49-54H2,(H2,55,70)(H,59,75)(H,61,73)(H,62,72)(H,63,74)(H,64,71)(H,65,76)(H,78,79)(H4,56,57,58)/b31-14-,60-30+/t28-,29-,32-,33-,34-,35-,37-,38-/m0/s1. The number of aliphatic imine (C=N–C) groups is 1. The number of hydrogen-bond acceptors (Lipinski definition) is 19. The SMILES string of the molecule is N=C(N)NCC/C=C(\NC(=O)[C@H](CCCCN)NC(=O)[C@H](Cc1cccc(C(N)=O)c1)NC(=O)[C@@H]1CCCN1C(=O)/C(CCCN)=N/C(=O)CNC(=O)[C@@H](NC(=O)[C@@H](NC(=O)[C@@H](N)CCCCN)[C@@H](O)CN)[C@@H](O)CN)C(=O)O. The van der Waals surface area contributed by atoms with Crippen molar-refractivity contribution in [3.63, 3.8) is 0 Å². The van der Waals surface area contributed by atoms with Crippen LogP contribution in [0.2, 0.25) is 0 Å². The molecule has 1 aliphatic rings. The minimum atomic E-state index is -1.86. The molecule has 1 fully saturated rings. The van der Waals surface area contributed by atoms with Gasteiger partial charge in [-0.15, -0.1) is 0 Å². The molecule has 2 rings (SSSR count). The molecule has 0 unspecified atom stereocenters. The summed E-state index contributed by atoms with van der Waals surface area (Å²) >= 11 is 0. The van der Waals surface area contributed by atoms with Crippen LogP contribution in [0.15, 0.2) is 41.0 Å². The number of amides is 9. The average molecular weight is 1120 g/mol. The highest BCUT2D eigenvalue weighted by molar-refractivity contribution is 6.40. The molecule has 1 heterocycles. The number of rotatable bonds is 36. The fourth-order valence-corrected chi connectivity index (χ4v) is 7.91. The highest BCUT2D eigenvalue weighted by atomic mass is 16.4. The molecule has 1 aromatic carbocycles. The fourth-order valence-electron chi connectivity index (χ4n) is 7.91. The normalized spacial score (nSPS) is 16.2. The maximum atomic E-state index is 14.3. The molecule has 0 aromatic heterocycles. The molecule has 0 aliphatic carbocycles. The number of likely N-dealkylation sites (tertiary alicyclic amines) is 1. The Morgan fingerprint density at radius 3 is 1.96 bits per heavy atom. The lowest BCUT2D eigenvalue weighted by atomic mass is 10.0. The minimum absolute atomic E-state index is 0.0203. The summed E-state index contributed by atoms with van der Waals surface area (Å²) in [5.41, 5.74) is 44.4. The first-order valence-electron chi connectivity index (χ1n) is 25.8. The molecule has 440 valence electrons. The van der Waals surface area contributed by atoms with Crippen LogP contribution in [0.4, 0.5) is 0 Å². The average Bonchev–Trinajstić information content (AvgIpc) is 3.92. The predicted molar refractivity (Wildman–Crippen MR) is 287 cm³/mol. The third-order valence-electron chi connectivity index (χ3n) is 12.2. The molecule has 1 aromatic rings. The molecule has 0 spiro atoms. The van der Waals surface area contributed by atoms with Crippen LogP contribution < -0.4 is 83.1 Å². The van der Waals surface area contributed by atoms with Crippen LogP contribution in [0.1, 0.15) is 86.6 Å². The van der Waals surface area contributed by atoms with Crippen molar-refractivity contribution in [1.29, 1.82) is 5.41 Å². The van der Waals surface area contributed by atoms with E-state index in [1.807, 2.05) is 0 Å². The van der Waals surface area contributed by atoms with E-state index in [1.54, 1.807) is 6.07 Å². The number of aliphatic carboxylic acids is 1. The number of carbonyl (C=O) groups excluding carboxylic acids is 9. The number of nitrogens with two attached hydrogens (primary N) is 8. The number of primary amides is 1. The maximum absolute atomic E-state index is 14.3. The number of aliphatic hydroxyl groups excluding tert-OH is 2. The van der Waals surface area contributed by atoms with Gasteiger partial charge in [-0.05, 0) is 102 Å². The summed E-state index contributed by atoms with van der Waals surface area (Å²) < 4.78 is 0. The van der Waals surface area contributed by atoms with Gasteiger partial charge in [-0.2, -0.15) is 0 Å². The number of hydrogen-bond donors (Lipinski definition) is 19. The number of carbonyl (C=O) groups is 10. The molecule has 0 saturated carbocycles. The number of aliphatic hydroxyl groups is 2. The van der Waals surface area contributed by atoms with Crippen molar-refractivity contribution >= 4 is 70.8 Å². The quantitative estimate of drug-likeness (QED) is 0.0128. The van der Waals surface area contributed by atoms with Gasteiger partial charge in [0.15, 0.2) is 5.96 Å². The summed E-state index contributed by atoms with van der Waals surface area (Å²) in [4.78, 5) is 139. The van der Waals surface area contributed by atoms with Crippen molar-refractivity contribution < 1.29 is 63.3 Å². The number of nitrogens with zero attached hydrogens (tertiary/aromatic N) is 2. The Balaban J connectivity index is 2.42. The molecule has 31 heteroatoms. The second kappa shape index (κ2) is 35.8. The van der Waals surface area contributed by atoms with Crippen LogP contribution in [-0.4, -0.2) is 192 Å². The zero-order valence-electron chi connectivity index (χ0n) is 44.1. The van der Waals surface area contributed by atoms with Gasteiger partial charge in [-0.1, -0.05) is 24.6 Å². The third kappa shape index (κ3) is 23.5. The molecule has 0 radical (unpaired) electrons. The number of unbranched alkanes of at least 4 members (excludes halogenated alkanes) is 2. The molecule has 0 bridgehead atoms. The molecule has 31 nitrogen and oxygen atoms in total. The smallest absolute Gasteiger partial charge is 0.352 e. The van der Waals surface area contributed by atoms with E-state index >= 15 is 0 Å². The van der Waals surface area contributed by atoms with Gasteiger partial charge in [0, 0.05) is 38.2 Å². The van der Waals surface area contributed by atoms with E-state index in [4.69, 9.17) is 51.3 Å². The van der Waals surface area contributed by atoms with Gasteiger partial charge in [0.1, 0.15) is 41.6 Å². The number of carboxylic acids is 1. The second-order valence-corrected chi connectivity index (χ2v) is 18.4. The Morgan fingerprint density at radius 1 is 0.747 bits per heavy atom. The molecule has 79 heavy (non-hydrogen) atoms. The molecule has 27 N–H and O–H groups in total. The number of nitrogens with one attached hydrogen (secondary N) is 8. The highest BCUT2D eigenvalue weighted by Gasteiger charge is 2.39. The van der Waals surface area contributed by atoms with E-state index in [0.29, 0.717) is 37.8 Å². The number of carboxylic acid groups (broad SMARTS) is 1. The van der Waals surface area contributed by atoms with Gasteiger partial charge in [0.05, 0.1) is 24.8 Å². The maximum Gasteiger partial charge on any atom is 0.352 e. The summed E-state index contributed by atoms with van der Waals surface area (Å²) in [5.74, 6) is -10.4. The molecular weight excluding hydrogens is 1040 g/mol. The summed E-state index contributed by atoms with van der Waals surface area (Å²) in [7, 11) is 0. The lowest BCUT2D eigenvalue weighted by Gasteiger charge is -2.28. The van der Waals surface area contributed by atoms with Gasteiger partial charge in [0.25, 0.3) is 11.8 Å². The van der Waals surface area contributed by atoms with E-state index < -0.39 is 133 Å². The van der Waals surface area contributed by atoms with Gasteiger partial charge in [-0.3, -0.25) is 48.6 Å². The Morgan fingerprint density at radius 2 is 1.37 bits per heavy atom. The fraction of sp³-hybridized carbons (Fsp3) is 0.583. The second-order valence-electron chi connectivity index (χ2n) is 18.4. The van der Waals surface area contributed by atoms with Crippen molar-refractivity contribution in [3.8, 4) is 0 Å². The van der Waals surface area contributed by atoms with Gasteiger partial charge in [0.2, 0.25) is 41.4 Å². The van der Waals surface area contributed by atoms with E-state index in [9.17, 15) is 63.3 Å². The number of benzene rings is 1. The van der Waals surface area contributed by atoms with Crippen LogP contribution in [0.3, 0.4) is 0 Å². The summed E-state index contributed by atoms with van der Waals surface area (Å²) in [6, 6.07) is -2.99. The number of guanidine groups is 1. The summed E-state index contributed by atoms with van der Waals surface area (Å²) in [6.45, 7) is -1.36. The van der Waals surface area contributed by atoms with Gasteiger partial charge < -0.3 is 103 Å². The Kier molecular flexibility index (Phi) is 30.6. The van der Waals surface area contributed by atoms with Gasteiger partial charge >= 0.3 is 5.97 Å². The Labute approximate surface area is 456 Å². The van der Waals surface area contributed by atoms with E-state index in [0.717, 1.165) is 4.90 Å². The lowest BCUT2D eigenvalue weighted by molar-refractivity contribution is -0.137. The highest BCUT2D eigenvalue weighted by Crippen LogP contribution is 2.20. The molecule has 8 atom stereocenters. The minimum Gasteiger partial charge on any atom is -0.477 e. The first-order chi connectivity index (χ1) is 37.5. The van der Waals surface area contributed by atoms with Crippen molar-refractivity contribution in [2.45, 2.75) is 126 Å². The van der Waals surface area contributed by atoms with Crippen LogP contribution in [0, 0.1) is 5.41 Å². The molecule has 1 saturated heterocycles. The monoisotopic (exact) mass is 1120 g/mol. The third-order valence-corrected chi connectivity index (χ3v) is 12.2. The van der Waals surface area contributed by atoms with E-state index in [-0.39, 0.29) is 94.8 Å². The zero-order chi connectivity index (χ0) is 59.2. The van der Waals surface area contributed by atoms with Crippen LogP contribution >= 0.6 is 0 Å². The topological polar surface area (TPSA) is 563 Å². The lowest BCUT2D eigenvalue weighted by Crippen LogP contribution is -2.63. The van der Waals surface area contributed by atoms with Crippen molar-refractivity contribution in [2.75, 3.05) is 52.4 Å². The van der Waals surface area contributed by atoms with Crippen LogP contribution in [0.25, 0.3) is 0 Å². The Hall–Kier alpha value is -7.52. The molecular formula is C48H80N18O13. The molecule has 1 aliphatic heterocycles.